The van der Waals surface area contributed by atoms with E-state index in [1.165, 1.54) is 0 Å². The van der Waals surface area contributed by atoms with Crippen molar-refractivity contribution in [2.24, 2.45) is 7.05 Å². The molecule has 0 bridgehead atoms. The number of carbonyl (C=O) groups is 1. The third-order valence-corrected chi connectivity index (χ3v) is 4.97. The minimum absolute atomic E-state index is 0.299. The highest BCUT2D eigenvalue weighted by Gasteiger charge is 2.24. The van der Waals surface area contributed by atoms with Crippen molar-refractivity contribution in [2.75, 3.05) is 14.2 Å². The average molecular weight is 402 g/mol. The van der Waals surface area contributed by atoms with Crippen molar-refractivity contribution in [3.05, 3.63) is 84.1 Å². The molecule has 0 spiro atoms. The molecule has 1 N–H and O–H groups in total. The van der Waals surface area contributed by atoms with Gasteiger partial charge < -0.3 is 19.4 Å². The van der Waals surface area contributed by atoms with E-state index in [4.69, 9.17) is 9.47 Å². The molecule has 0 fully saturated rings. The molecule has 152 valence electrons. The van der Waals surface area contributed by atoms with Crippen LogP contribution in [-0.2, 0) is 7.05 Å². The Morgan fingerprint density at radius 3 is 2.63 bits per heavy atom. The highest BCUT2D eigenvalue weighted by molar-refractivity contribution is 5.95. The van der Waals surface area contributed by atoms with E-state index in [0.29, 0.717) is 22.8 Å². The fraction of sp³-hybridized carbons (Fsp3) is 0.174. The number of amides is 1. The van der Waals surface area contributed by atoms with E-state index in [1.54, 1.807) is 26.5 Å². The smallest absolute Gasteiger partial charge is 0.270 e. The molecule has 0 saturated heterocycles. The summed E-state index contributed by atoms with van der Waals surface area (Å²) in [7, 11) is 5.11. The molecule has 0 aliphatic rings. The van der Waals surface area contributed by atoms with Crippen molar-refractivity contribution in [1.82, 2.24) is 19.9 Å². The van der Waals surface area contributed by atoms with Crippen LogP contribution in [0.2, 0.25) is 0 Å². The minimum Gasteiger partial charge on any atom is -0.497 e. The standard InChI is InChI=1S/C23H22N4O3/c1-27-13-12-24-22(27)21(17-6-4-5-7-20(17)30-3)26-23(28)19-10-8-15-14-16(29-2)9-11-18(15)25-19/h4-14,21H,1-3H3,(H,26,28). The molecular formula is C23H22N4O3. The topological polar surface area (TPSA) is 78.3 Å². The second-order valence-electron chi connectivity index (χ2n) is 6.80. The Morgan fingerprint density at radius 1 is 1.07 bits per heavy atom. The van der Waals surface area contributed by atoms with Gasteiger partial charge in [0.1, 0.15) is 29.1 Å². The molecule has 0 radical (unpaired) electrons. The second-order valence-corrected chi connectivity index (χ2v) is 6.80. The molecule has 7 heteroatoms. The number of methoxy groups -OCH3 is 2. The average Bonchev–Trinajstić information content (AvgIpc) is 3.22. The summed E-state index contributed by atoms with van der Waals surface area (Å²) in [6.45, 7) is 0. The number of aryl methyl sites for hydroxylation is 1. The van der Waals surface area contributed by atoms with E-state index in [9.17, 15) is 4.79 Å². The van der Waals surface area contributed by atoms with Gasteiger partial charge in [0.2, 0.25) is 0 Å². The first kappa shape index (κ1) is 19.4. The number of carbonyl (C=O) groups excluding carboxylic acids is 1. The number of para-hydroxylation sites is 1. The Labute approximate surface area is 174 Å². The van der Waals surface area contributed by atoms with Crippen LogP contribution < -0.4 is 14.8 Å². The molecule has 1 atom stereocenters. The number of fused-ring (bicyclic) bond motifs is 1. The van der Waals surface area contributed by atoms with E-state index in [2.05, 4.69) is 15.3 Å². The molecule has 0 saturated carbocycles. The zero-order valence-corrected chi connectivity index (χ0v) is 17.0. The molecule has 7 nitrogen and oxygen atoms in total. The summed E-state index contributed by atoms with van der Waals surface area (Å²) in [6.07, 6.45) is 3.54. The fourth-order valence-electron chi connectivity index (χ4n) is 3.40. The molecule has 2 aromatic heterocycles. The van der Waals surface area contributed by atoms with E-state index in [1.807, 2.05) is 66.3 Å². The normalized spacial score (nSPS) is 11.8. The summed E-state index contributed by atoms with van der Waals surface area (Å²) >= 11 is 0. The van der Waals surface area contributed by atoms with Crippen molar-refractivity contribution in [3.8, 4) is 11.5 Å². The number of rotatable bonds is 6. The van der Waals surface area contributed by atoms with Gasteiger partial charge in [-0.2, -0.15) is 0 Å². The molecule has 1 amide bonds. The first-order chi connectivity index (χ1) is 14.6. The van der Waals surface area contributed by atoms with Crippen LogP contribution in [0.4, 0.5) is 0 Å². The van der Waals surface area contributed by atoms with Gasteiger partial charge in [0.25, 0.3) is 5.91 Å². The second kappa shape index (κ2) is 8.24. The Morgan fingerprint density at radius 2 is 1.90 bits per heavy atom. The minimum atomic E-state index is -0.498. The number of imidazole rings is 1. The zero-order chi connectivity index (χ0) is 21.1. The number of ether oxygens (including phenoxy) is 2. The van der Waals surface area contributed by atoms with E-state index in [0.717, 1.165) is 16.7 Å². The first-order valence-electron chi connectivity index (χ1n) is 9.46. The Hall–Kier alpha value is -3.87. The summed E-state index contributed by atoms with van der Waals surface area (Å²) in [5.41, 5.74) is 1.85. The van der Waals surface area contributed by atoms with E-state index < -0.39 is 6.04 Å². The fourth-order valence-corrected chi connectivity index (χ4v) is 3.40. The quantitative estimate of drug-likeness (QED) is 0.534. The van der Waals surface area contributed by atoms with Gasteiger partial charge in [-0.1, -0.05) is 24.3 Å². The summed E-state index contributed by atoms with van der Waals surface area (Å²) in [5, 5.41) is 3.96. The van der Waals surface area contributed by atoms with Crippen molar-refractivity contribution < 1.29 is 14.3 Å². The maximum atomic E-state index is 13.1. The Bertz CT molecular complexity index is 1200. The lowest BCUT2D eigenvalue weighted by Crippen LogP contribution is -2.32. The first-order valence-corrected chi connectivity index (χ1v) is 9.46. The van der Waals surface area contributed by atoms with Gasteiger partial charge in [-0.25, -0.2) is 9.97 Å². The lowest BCUT2D eigenvalue weighted by molar-refractivity contribution is 0.0936. The molecule has 0 aliphatic heterocycles. The Balaban J connectivity index is 1.70. The van der Waals surface area contributed by atoms with Crippen molar-refractivity contribution in [3.63, 3.8) is 0 Å². The van der Waals surface area contributed by atoms with Crippen LogP contribution in [0.1, 0.15) is 27.9 Å². The number of nitrogens with one attached hydrogen (secondary N) is 1. The largest absolute Gasteiger partial charge is 0.497 e. The van der Waals surface area contributed by atoms with Gasteiger partial charge >= 0.3 is 0 Å². The van der Waals surface area contributed by atoms with Crippen LogP contribution in [0, 0.1) is 0 Å². The van der Waals surface area contributed by atoms with Gasteiger partial charge in [0.15, 0.2) is 0 Å². The van der Waals surface area contributed by atoms with Gasteiger partial charge in [0, 0.05) is 30.4 Å². The maximum Gasteiger partial charge on any atom is 0.270 e. The van der Waals surface area contributed by atoms with Crippen LogP contribution in [-0.4, -0.2) is 34.7 Å². The number of benzene rings is 2. The monoisotopic (exact) mass is 402 g/mol. The predicted octanol–water partition coefficient (Wildman–Crippen LogP) is 3.50. The third kappa shape index (κ3) is 3.69. The van der Waals surface area contributed by atoms with E-state index in [-0.39, 0.29) is 5.91 Å². The van der Waals surface area contributed by atoms with Crippen LogP contribution in [0.5, 0.6) is 11.5 Å². The van der Waals surface area contributed by atoms with E-state index >= 15 is 0 Å². The molecular weight excluding hydrogens is 380 g/mol. The lowest BCUT2D eigenvalue weighted by Gasteiger charge is -2.21. The molecule has 2 heterocycles. The van der Waals surface area contributed by atoms with Gasteiger partial charge in [-0.15, -0.1) is 0 Å². The predicted molar refractivity (Wildman–Crippen MR) is 114 cm³/mol. The summed E-state index contributed by atoms with van der Waals surface area (Å²) in [5.74, 6) is 1.81. The number of pyridine rings is 1. The van der Waals surface area contributed by atoms with Crippen LogP contribution in [0.15, 0.2) is 67.0 Å². The van der Waals surface area contributed by atoms with Crippen molar-refractivity contribution >= 4 is 16.8 Å². The van der Waals surface area contributed by atoms with Crippen molar-refractivity contribution in [1.29, 1.82) is 0 Å². The summed E-state index contributed by atoms with van der Waals surface area (Å²) < 4.78 is 12.6. The van der Waals surface area contributed by atoms with Crippen LogP contribution in [0.3, 0.4) is 0 Å². The molecule has 4 aromatic rings. The Kier molecular flexibility index (Phi) is 5.34. The molecule has 4 rings (SSSR count). The molecule has 2 aromatic carbocycles. The lowest BCUT2D eigenvalue weighted by atomic mass is 10.0. The third-order valence-electron chi connectivity index (χ3n) is 4.97. The van der Waals surface area contributed by atoms with Crippen LogP contribution in [0.25, 0.3) is 10.9 Å². The summed E-state index contributed by atoms with van der Waals surface area (Å²) in [4.78, 5) is 22.1. The molecule has 0 aliphatic carbocycles. The van der Waals surface area contributed by atoms with Gasteiger partial charge in [-0.3, -0.25) is 4.79 Å². The van der Waals surface area contributed by atoms with Crippen molar-refractivity contribution in [2.45, 2.75) is 6.04 Å². The van der Waals surface area contributed by atoms with Gasteiger partial charge in [0.05, 0.1) is 19.7 Å². The summed E-state index contributed by atoms with van der Waals surface area (Å²) in [6, 6.07) is 16.2. The molecule has 30 heavy (non-hydrogen) atoms. The SMILES string of the molecule is COc1ccc2nc(C(=O)NC(c3ccccc3OC)c3nccn3C)ccc2c1. The maximum absolute atomic E-state index is 13.1. The number of hydrogen-bond acceptors (Lipinski definition) is 5. The molecule has 1 unspecified atom stereocenters. The number of hydrogen-bond donors (Lipinski definition) is 1. The van der Waals surface area contributed by atoms with Gasteiger partial charge in [-0.05, 0) is 30.3 Å². The highest BCUT2D eigenvalue weighted by Crippen LogP contribution is 2.29. The number of aromatic nitrogens is 3. The number of nitrogens with zero attached hydrogens (tertiary/aromatic N) is 3. The van der Waals surface area contributed by atoms with Crippen LogP contribution >= 0.6 is 0 Å². The zero-order valence-electron chi connectivity index (χ0n) is 17.0. The highest BCUT2D eigenvalue weighted by atomic mass is 16.5.